The number of carbonyl (C=O) groups is 1. The third kappa shape index (κ3) is 4.14. The van der Waals surface area contributed by atoms with Crippen LogP contribution in [-0.2, 0) is 6.42 Å². The van der Waals surface area contributed by atoms with E-state index in [9.17, 15) is 4.79 Å². The summed E-state index contributed by atoms with van der Waals surface area (Å²) in [7, 11) is 0. The SMILES string of the molecule is CCCc1nnsc1C(=O)NCC(CC)(CC)CCl. The molecule has 1 N–H and O–H groups in total. The van der Waals surface area contributed by atoms with Gasteiger partial charge in [0.1, 0.15) is 4.88 Å². The van der Waals surface area contributed by atoms with E-state index in [1.165, 1.54) is 0 Å². The monoisotopic (exact) mass is 303 g/mol. The molecule has 108 valence electrons. The predicted molar refractivity (Wildman–Crippen MR) is 80.0 cm³/mol. The van der Waals surface area contributed by atoms with E-state index in [1.54, 1.807) is 0 Å². The number of carbonyl (C=O) groups excluding carboxylic acids is 1. The minimum atomic E-state index is -0.0742. The Bertz CT molecular complexity index is 396. The Morgan fingerprint density at radius 3 is 2.58 bits per heavy atom. The van der Waals surface area contributed by atoms with Crippen molar-refractivity contribution in [1.82, 2.24) is 14.9 Å². The lowest BCUT2D eigenvalue weighted by atomic mass is 9.84. The zero-order valence-electron chi connectivity index (χ0n) is 11.8. The Morgan fingerprint density at radius 2 is 2.05 bits per heavy atom. The first kappa shape index (κ1) is 16.4. The molecule has 19 heavy (non-hydrogen) atoms. The van der Waals surface area contributed by atoms with Gasteiger partial charge in [0.05, 0.1) is 5.69 Å². The second kappa shape index (κ2) is 7.80. The van der Waals surface area contributed by atoms with Crippen molar-refractivity contribution in [3.05, 3.63) is 10.6 Å². The van der Waals surface area contributed by atoms with Crippen LogP contribution in [0.4, 0.5) is 0 Å². The molecular formula is C13H22ClN3OS. The van der Waals surface area contributed by atoms with Gasteiger partial charge in [0.15, 0.2) is 0 Å². The van der Waals surface area contributed by atoms with Crippen LogP contribution in [0.2, 0.25) is 0 Å². The van der Waals surface area contributed by atoms with E-state index in [1.807, 2.05) is 0 Å². The molecule has 1 rings (SSSR count). The number of alkyl halides is 1. The summed E-state index contributed by atoms with van der Waals surface area (Å²) in [6.45, 7) is 6.88. The number of amides is 1. The van der Waals surface area contributed by atoms with Gasteiger partial charge in [0, 0.05) is 17.8 Å². The van der Waals surface area contributed by atoms with Gasteiger partial charge in [0.25, 0.3) is 5.91 Å². The van der Waals surface area contributed by atoms with Gasteiger partial charge in [-0.15, -0.1) is 16.7 Å². The smallest absolute Gasteiger partial charge is 0.264 e. The molecule has 6 heteroatoms. The molecule has 0 fully saturated rings. The normalized spacial score (nSPS) is 11.6. The molecule has 1 aromatic rings. The van der Waals surface area contributed by atoms with Crippen molar-refractivity contribution in [1.29, 1.82) is 0 Å². The fraction of sp³-hybridized carbons (Fsp3) is 0.769. The molecule has 1 amide bonds. The second-order valence-electron chi connectivity index (χ2n) is 4.82. The van der Waals surface area contributed by atoms with E-state index >= 15 is 0 Å². The molecule has 0 unspecified atom stereocenters. The molecule has 0 radical (unpaired) electrons. The largest absolute Gasteiger partial charge is 0.351 e. The minimum Gasteiger partial charge on any atom is -0.351 e. The van der Waals surface area contributed by atoms with E-state index < -0.39 is 0 Å². The second-order valence-corrected chi connectivity index (χ2v) is 5.84. The van der Waals surface area contributed by atoms with Gasteiger partial charge < -0.3 is 5.32 Å². The van der Waals surface area contributed by atoms with E-state index in [2.05, 4.69) is 35.7 Å². The van der Waals surface area contributed by atoms with Crippen LogP contribution in [0.15, 0.2) is 0 Å². The molecule has 0 saturated heterocycles. The third-order valence-electron chi connectivity index (χ3n) is 3.66. The van der Waals surface area contributed by atoms with E-state index in [4.69, 9.17) is 11.6 Å². The van der Waals surface area contributed by atoms with Gasteiger partial charge in [0.2, 0.25) is 0 Å². The van der Waals surface area contributed by atoms with Gasteiger partial charge in [-0.2, -0.15) is 0 Å². The Morgan fingerprint density at radius 1 is 1.37 bits per heavy atom. The maximum Gasteiger partial charge on any atom is 0.264 e. The molecule has 0 saturated carbocycles. The van der Waals surface area contributed by atoms with Crippen LogP contribution in [0, 0.1) is 5.41 Å². The fourth-order valence-corrected chi connectivity index (χ4v) is 2.96. The number of halogens is 1. The molecule has 0 spiro atoms. The molecule has 0 atom stereocenters. The number of nitrogens with one attached hydrogen (secondary N) is 1. The summed E-state index contributed by atoms with van der Waals surface area (Å²) in [5, 5.41) is 7.00. The molecule has 0 aromatic carbocycles. The number of nitrogens with zero attached hydrogens (tertiary/aromatic N) is 2. The highest BCUT2D eigenvalue weighted by Gasteiger charge is 2.26. The van der Waals surface area contributed by atoms with Gasteiger partial charge >= 0.3 is 0 Å². The number of hydrogen-bond acceptors (Lipinski definition) is 4. The maximum atomic E-state index is 12.2. The maximum absolute atomic E-state index is 12.2. The van der Waals surface area contributed by atoms with Crippen LogP contribution in [0.25, 0.3) is 0 Å². The molecule has 4 nitrogen and oxygen atoms in total. The van der Waals surface area contributed by atoms with Gasteiger partial charge in [-0.25, -0.2) is 0 Å². The Balaban J connectivity index is 2.67. The van der Waals surface area contributed by atoms with Crippen molar-refractivity contribution < 1.29 is 4.79 Å². The van der Waals surface area contributed by atoms with Crippen molar-refractivity contribution in [3.63, 3.8) is 0 Å². The lowest BCUT2D eigenvalue weighted by Gasteiger charge is -2.29. The van der Waals surface area contributed by atoms with Crippen LogP contribution >= 0.6 is 23.1 Å². The van der Waals surface area contributed by atoms with Crippen molar-refractivity contribution in [2.45, 2.75) is 46.5 Å². The Hall–Kier alpha value is -0.680. The highest BCUT2D eigenvalue weighted by molar-refractivity contribution is 7.08. The first-order valence-electron chi connectivity index (χ1n) is 6.77. The first-order chi connectivity index (χ1) is 9.12. The molecule has 1 heterocycles. The highest BCUT2D eigenvalue weighted by Crippen LogP contribution is 2.27. The molecule has 0 aliphatic heterocycles. The highest BCUT2D eigenvalue weighted by atomic mass is 35.5. The van der Waals surface area contributed by atoms with Gasteiger partial charge in [-0.05, 0) is 30.8 Å². The van der Waals surface area contributed by atoms with Gasteiger partial charge in [-0.1, -0.05) is 31.7 Å². The number of aromatic nitrogens is 2. The summed E-state index contributed by atoms with van der Waals surface area (Å²) in [4.78, 5) is 12.8. The van der Waals surface area contributed by atoms with E-state index in [0.29, 0.717) is 17.3 Å². The zero-order chi connectivity index (χ0) is 14.3. The van der Waals surface area contributed by atoms with E-state index in [-0.39, 0.29) is 11.3 Å². The summed E-state index contributed by atoms with van der Waals surface area (Å²) >= 11 is 7.21. The zero-order valence-corrected chi connectivity index (χ0v) is 13.4. The summed E-state index contributed by atoms with van der Waals surface area (Å²) < 4.78 is 3.87. The van der Waals surface area contributed by atoms with Crippen molar-refractivity contribution in [3.8, 4) is 0 Å². The van der Waals surface area contributed by atoms with Gasteiger partial charge in [-0.3, -0.25) is 4.79 Å². The Kier molecular flexibility index (Phi) is 6.72. The van der Waals surface area contributed by atoms with Crippen LogP contribution < -0.4 is 5.32 Å². The number of aryl methyl sites for hydroxylation is 1. The average Bonchev–Trinajstić information content (AvgIpc) is 2.89. The predicted octanol–water partition coefficient (Wildman–Crippen LogP) is 3.27. The number of hydrogen-bond donors (Lipinski definition) is 1. The lowest BCUT2D eigenvalue weighted by molar-refractivity contribution is 0.0934. The van der Waals surface area contributed by atoms with Crippen molar-refractivity contribution in [2.75, 3.05) is 12.4 Å². The average molecular weight is 304 g/mol. The molecular weight excluding hydrogens is 282 g/mol. The topological polar surface area (TPSA) is 54.9 Å². The summed E-state index contributed by atoms with van der Waals surface area (Å²) in [6.07, 6.45) is 3.66. The summed E-state index contributed by atoms with van der Waals surface area (Å²) in [5.41, 5.74) is 0.787. The first-order valence-corrected chi connectivity index (χ1v) is 8.08. The van der Waals surface area contributed by atoms with Crippen molar-refractivity contribution in [2.24, 2.45) is 5.41 Å². The third-order valence-corrected chi connectivity index (χ3v) is 4.99. The fourth-order valence-electron chi connectivity index (χ4n) is 1.87. The van der Waals surface area contributed by atoms with E-state index in [0.717, 1.165) is 42.9 Å². The quantitative estimate of drug-likeness (QED) is 0.750. The molecule has 0 aliphatic carbocycles. The molecule has 1 aromatic heterocycles. The van der Waals surface area contributed by atoms with Crippen LogP contribution in [-0.4, -0.2) is 27.9 Å². The number of rotatable bonds is 8. The Labute approximate surface area is 124 Å². The molecule has 0 aliphatic rings. The summed E-state index contributed by atoms with van der Waals surface area (Å²) in [6, 6.07) is 0. The van der Waals surface area contributed by atoms with Crippen molar-refractivity contribution >= 4 is 29.0 Å². The minimum absolute atomic E-state index is 0.0136. The summed E-state index contributed by atoms with van der Waals surface area (Å²) in [5.74, 6) is 0.484. The van der Waals surface area contributed by atoms with Crippen LogP contribution in [0.5, 0.6) is 0 Å². The standard InChI is InChI=1S/C13H22ClN3OS/c1-4-7-10-11(19-17-16-10)12(18)15-9-13(5-2,6-3)8-14/h4-9H2,1-3H3,(H,15,18). The van der Waals surface area contributed by atoms with Crippen LogP contribution in [0.3, 0.4) is 0 Å². The molecule has 0 bridgehead atoms. The van der Waals surface area contributed by atoms with Crippen LogP contribution in [0.1, 0.15) is 55.4 Å². The lowest BCUT2D eigenvalue weighted by Crippen LogP contribution is -2.38.